The lowest BCUT2D eigenvalue weighted by Crippen LogP contribution is -2.20. The number of rotatable bonds is 12. The third-order valence-electron chi connectivity index (χ3n) is 6.31. The molecule has 0 bridgehead atoms. The number of H-pyrrole nitrogens is 2. The Labute approximate surface area is 281 Å². The Morgan fingerprint density at radius 1 is 0.729 bits per heavy atom. The molecule has 2 amide bonds. The Morgan fingerprint density at radius 2 is 1.33 bits per heavy atom. The third kappa shape index (κ3) is 10.0. The molecule has 4 N–H and O–H groups in total. The van der Waals surface area contributed by atoms with Gasteiger partial charge in [0.2, 0.25) is 11.9 Å². The normalized spacial score (nSPS) is 10.4. The van der Waals surface area contributed by atoms with Crippen molar-refractivity contribution in [2.75, 3.05) is 31.0 Å². The molecule has 0 unspecified atom stereocenters. The van der Waals surface area contributed by atoms with E-state index in [9.17, 15) is 9.59 Å². The van der Waals surface area contributed by atoms with Crippen LogP contribution in [0.3, 0.4) is 0 Å². The fraction of sp³-hybridized carbons (Fsp3) is 0.152. The van der Waals surface area contributed by atoms with Crippen molar-refractivity contribution in [3.63, 3.8) is 0 Å². The first-order chi connectivity index (χ1) is 23.4. The molecule has 0 atom stereocenters. The van der Waals surface area contributed by atoms with Gasteiger partial charge in [0.05, 0.1) is 13.7 Å². The van der Waals surface area contributed by atoms with E-state index in [1.807, 2.05) is 73.7 Å². The first-order valence-electron chi connectivity index (χ1n) is 14.6. The summed E-state index contributed by atoms with van der Waals surface area (Å²) in [6.45, 7) is 2.07. The number of aromatic nitrogens is 8. The molecule has 0 aliphatic carbocycles. The van der Waals surface area contributed by atoms with Gasteiger partial charge in [-0.1, -0.05) is 36.4 Å². The van der Waals surface area contributed by atoms with E-state index in [0.717, 1.165) is 16.9 Å². The quantitative estimate of drug-likeness (QED) is 0.135. The maximum atomic E-state index is 11.9. The summed E-state index contributed by atoms with van der Waals surface area (Å²) in [5.74, 6) is 2.08. The van der Waals surface area contributed by atoms with E-state index in [1.54, 1.807) is 37.7 Å². The van der Waals surface area contributed by atoms with Gasteiger partial charge in [-0.15, -0.1) is 10.2 Å². The highest BCUT2D eigenvalue weighted by Crippen LogP contribution is 2.15. The van der Waals surface area contributed by atoms with Gasteiger partial charge in [0.25, 0.3) is 11.8 Å². The summed E-state index contributed by atoms with van der Waals surface area (Å²) in [5.41, 5.74) is 3.31. The predicted molar refractivity (Wildman–Crippen MR) is 184 cm³/mol. The van der Waals surface area contributed by atoms with Crippen LogP contribution in [0.2, 0.25) is 0 Å². The number of methoxy groups -OCH3 is 1. The van der Waals surface area contributed by atoms with E-state index < -0.39 is 0 Å². The fourth-order valence-electron chi connectivity index (χ4n) is 4.03. The van der Waals surface area contributed by atoms with Gasteiger partial charge in [0, 0.05) is 18.1 Å². The van der Waals surface area contributed by atoms with Crippen LogP contribution in [0.1, 0.15) is 16.8 Å². The molecule has 2 aromatic carbocycles. The van der Waals surface area contributed by atoms with E-state index in [4.69, 9.17) is 14.2 Å². The van der Waals surface area contributed by atoms with Crippen molar-refractivity contribution in [3.8, 4) is 34.5 Å². The Bertz CT molecular complexity index is 1920. The molecule has 0 radical (unpaired) electrons. The number of carbonyl (C=O) groups excluding carboxylic acids is 2. The number of benzene rings is 2. The molecular weight excluding hydrogens is 616 g/mol. The average molecular weight is 657 g/mol. The lowest BCUT2D eigenvalue weighted by atomic mass is 10.2. The molecule has 0 spiro atoms. The maximum Gasteiger partial charge on any atom is 0.264 e. The number of anilines is 2. The van der Waals surface area contributed by atoms with Crippen LogP contribution in [0.4, 0.5) is 11.9 Å². The van der Waals surface area contributed by atoms with Gasteiger partial charge >= 0.3 is 0 Å². The summed E-state index contributed by atoms with van der Waals surface area (Å²) in [6.07, 6.45) is 3.31. The van der Waals surface area contributed by atoms with Crippen LogP contribution in [0.25, 0.3) is 23.0 Å². The van der Waals surface area contributed by atoms with Crippen molar-refractivity contribution < 1.29 is 29.5 Å². The highest BCUT2D eigenvalue weighted by Gasteiger charge is 2.11. The lowest BCUT2D eigenvalue weighted by Gasteiger charge is -2.05. The monoisotopic (exact) mass is 656 g/mol. The molecule has 0 aliphatic heterocycles. The summed E-state index contributed by atoms with van der Waals surface area (Å²) >= 11 is 0. The highest BCUT2D eigenvalue weighted by molar-refractivity contribution is 5.90. The molecule has 6 rings (SSSR count). The minimum atomic E-state index is -0.335. The number of carbonyl (C=O) groups is 2. The number of pyridine rings is 2. The minimum absolute atomic E-state index is 0. The van der Waals surface area contributed by atoms with Crippen LogP contribution < -0.4 is 20.1 Å². The molecule has 48 heavy (non-hydrogen) atoms. The summed E-state index contributed by atoms with van der Waals surface area (Å²) < 4.78 is 15.9. The molecule has 4 aromatic heterocycles. The Morgan fingerprint density at radius 3 is 1.88 bits per heavy atom. The molecule has 252 valence electrons. The van der Waals surface area contributed by atoms with Crippen LogP contribution in [0, 0.1) is 6.92 Å². The van der Waals surface area contributed by atoms with Gasteiger partial charge in [0.1, 0.15) is 29.5 Å². The Balaban J connectivity index is 0.000000484. The van der Waals surface area contributed by atoms with Gasteiger partial charge in [0.15, 0.2) is 18.3 Å². The van der Waals surface area contributed by atoms with Crippen molar-refractivity contribution in [3.05, 3.63) is 108 Å². The molecule has 0 saturated carbocycles. The Kier molecular flexibility index (Phi) is 11.5. The number of aryl methyl sites for hydroxylation is 1. The van der Waals surface area contributed by atoms with Gasteiger partial charge in [-0.2, -0.15) is 9.97 Å². The van der Waals surface area contributed by atoms with Gasteiger partial charge < -0.3 is 14.2 Å². The zero-order valence-corrected chi connectivity index (χ0v) is 26.1. The summed E-state index contributed by atoms with van der Waals surface area (Å²) in [5, 5.41) is 18.5. The first kappa shape index (κ1) is 32.9. The van der Waals surface area contributed by atoms with Gasteiger partial charge in [-0.25, -0.2) is 0 Å². The van der Waals surface area contributed by atoms with Crippen LogP contribution in [-0.4, -0.2) is 72.5 Å². The molecule has 15 nitrogen and oxygen atoms in total. The summed E-state index contributed by atoms with van der Waals surface area (Å²) in [6, 6.07) is 25.8. The van der Waals surface area contributed by atoms with E-state index in [-0.39, 0.29) is 42.6 Å². The van der Waals surface area contributed by atoms with E-state index >= 15 is 0 Å². The lowest BCUT2D eigenvalue weighted by molar-refractivity contribution is -0.121. The predicted octanol–water partition coefficient (Wildman–Crippen LogP) is 5.21. The van der Waals surface area contributed by atoms with Crippen molar-refractivity contribution in [1.29, 1.82) is 0 Å². The standard InChI is InChI=1S/C17H17N5O3.C16H15N5O2.4H2/c1-24-13-7-5-12(6-8-13)10-25-11-15(23)19-17-20-16(21-22-17)14-4-2-3-9-18-14;1-11-5-4-6-12(9-11)23-10-14(22)18-16-19-15(20-21-16)13-7-2-3-8-17-13;;;;/h2-9H,10-11H2,1H3,(H2,19,20,21,22,23);2-9H,10H2,1H3,(H2,18,19,20,21,22);4*1H. The van der Waals surface area contributed by atoms with Crippen LogP contribution >= 0.6 is 0 Å². The van der Waals surface area contributed by atoms with Crippen LogP contribution in [-0.2, 0) is 20.9 Å². The number of ether oxygens (including phenoxy) is 3. The number of nitrogens with zero attached hydrogens (tertiary/aromatic N) is 6. The molecule has 0 saturated heterocycles. The second-order valence-electron chi connectivity index (χ2n) is 9.99. The van der Waals surface area contributed by atoms with Gasteiger partial charge in [-0.3, -0.25) is 40.4 Å². The van der Waals surface area contributed by atoms with Crippen molar-refractivity contribution in [2.45, 2.75) is 13.5 Å². The SMILES string of the molecule is COc1ccc(COCC(=O)Nc2n[nH]c(-c3ccccn3)n2)cc1.Cc1cccc(OCC(=O)Nc2n[nH]c(-c3ccccn3)n2)c1.[HH].[HH].[HH].[HH]. The largest absolute Gasteiger partial charge is 0.497 e. The van der Waals surface area contributed by atoms with E-state index in [2.05, 4.69) is 51.0 Å². The minimum Gasteiger partial charge on any atom is -0.497 e. The summed E-state index contributed by atoms with van der Waals surface area (Å²) in [7, 11) is 1.61. The zero-order valence-electron chi connectivity index (χ0n) is 26.1. The number of aromatic amines is 2. The number of nitrogens with one attached hydrogen (secondary N) is 4. The highest BCUT2D eigenvalue weighted by atomic mass is 16.5. The maximum absolute atomic E-state index is 11.9. The van der Waals surface area contributed by atoms with E-state index in [1.165, 1.54) is 0 Å². The molecular formula is C33H40N10O5. The first-order valence-corrected chi connectivity index (χ1v) is 14.6. The van der Waals surface area contributed by atoms with Crippen molar-refractivity contribution in [2.24, 2.45) is 0 Å². The number of hydrogen-bond acceptors (Lipinski definition) is 11. The molecule has 0 aliphatic rings. The Hall–Kier alpha value is -6.48. The van der Waals surface area contributed by atoms with Crippen molar-refractivity contribution in [1.82, 2.24) is 40.3 Å². The molecule has 15 heteroatoms. The summed E-state index contributed by atoms with van der Waals surface area (Å²) in [4.78, 5) is 40.4. The van der Waals surface area contributed by atoms with Gasteiger partial charge in [-0.05, 0) is 66.6 Å². The molecule has 0 fully saturated rings. The molecule has 4 heterocycles. The average Bonchev–Trinajstić information content (AvgIpc) is 3.79. The third-order valence-corrected chi connectivity index (χ3v) is 6.31. The topological polar surface area (TPSA) is 195 Å². The molecule has 6 aromatic rings. The van der Waals surface area contributed by atoms with E-state index in [0.29, 0.717) is 35.4 Å². The van der Waals surface area contributed by atoms with Crippen molar-refractivity contribution >= 4 is 23.7 Å². The fourth-order valence-corrected chi connectivity index (χ4v) is 4.03. The number of amides is 2. The zero-order chi connectivity index (χ0) is 33.6. The van der Waals surface area contributed by atoms with Crippen LogP contribution in [0.5, 0.6) is 11.5 Å². The number of hydrogen-bond donors (Lipinski definition) is 4. The second kappa shape index (κ2) is 16.7. The smallest absolute Gasteiger partial charge is 0.264 e. The van der Waals surface area contributed by atoms with Crippen LogP contribution in [0.15, 0.2) is 97.3 Å². The second-order valence-corrected chi connectivity index (χ2v) is 9.99.